The lowest BCUT2D eigenvalue weighted by atomic mass is 10.1. The van der Waals surface area contributed by atoms with E-state index in [2.05, 4.69) is 15.7 Å². The highest BCUT2D eigenvalue weighted by Crippen LogP contribution is 2.37. The number of imide groups is 1. The maximum atomic E-state index is 13.8. The molecule has 0 unspecified atom stereocenters. The van der Waals surface area contributed by atoms with Gasteiger partial charge in [-0.3, -0.25) is 19.4 Å². The number of nitrogens with one attached hydrogen (secondary N) is 1. The second-order valence-electron chi connectivity index (χ2n) is 7.20. The third kappa shape index (κ3) is 3.29. The van der Waals surface area contributed by atoms with E-state index in [1.807, 2.05) is 0 Å². The maximum Gasteiger partial charge on any atom is 0.263 e. The molecule has 5 rings (SSSR count). The Balaban J connectivity index is 1.33. The van der Waals surface area contributed by atoms with Gasteiger partial charge in [0, 0.05) is 12.1 Å². The second kappa shape index (κ2) is 7.55. The zero-order valence-electron chi connectivity index (χ0n) is 16.3. The van der Waals surface area contributed by atoms with Crippen molar-refractivity contribution in [3.8, 4) is 11.5 Å². The van der Waals surface area contributed by atoms with E-state index in [4.69, 9.17) is 9.47 Å². The predicted octanol–water partition coefficient (Wildman–Crippen LogP) is 1.67. The molecule has 0 aromatic heterocycles. The van der Waals surface area contributed by atoms with Crippen LogP contribution in [0.1, 0.15) is 0 Å². The Hall–Kier alpha value is -4.09. The van der Waals surface area contributed by atoms with Gasteiger partial charge in [-0.05, 0) is 24.3 Å². The normalized spacial score (nSPS) is 21.2. The van der Waals surface area contributed by atoms with Gasteiger partial charge in [-0.2, -0.15) is 5.11 Å². The highest BCUT2D eigenvalue weighted by atomic mass is 19.1. The van der Waals surface area contributed by atoms with E-state index in [1.165, 1.54) is 6.07 Å². The number of hydrogen-bond acceptors (Lipinski definition) is 8. The fraction of sp³-hybridized carbons (Fsp3) is 0.250. The summed E-state index contributed by atoms with van der Waals surface area (Å²) in [6.07, 6.45) is 0. The molecule has 3 aliphatic heterocycles. The number of anilines is 2. The van der Waals surface area contributed by atoms with E-state index in [0.717, 1.165) is 28.1 Å². The number of carbonyl (C=O) groups is 3. The number of fused-ring (bicyclic) bond motifs is 2. The maximum absolute atomic E-state index is 13.8. The molecule has 32 heavy (non-hydrogen) atoms. The quantitative estimate of drug-likeness (QED) is 0.720. The van der Waals surface area contributed by atoms with Crippen molar-refractivity contribution < 1.29 is 32.6 Å². The van der Waals surface area contributed by atoms with Gasteiger partial charge in [-0.25, -0.2) is 13.7 Å². The largest absolute Gasteiger partial charge is 0.486 e. The molecular formula is C20H15F2N5O5. The average Bonchev–Trinajstić information content (AvgIpc) is 3.29. The molecule has 0 aliphatic carbocycles. The molecule has 0 radical (unpaired) electrons. The van der Waals surface area contributed by atoms with E-state index in [0.29, 0.717) is 24.7 Å². The molecule has 2 aromatic carbocycles. The zero-order chi connectivity index (χ0) is 22.4. The van der Waals surface area contributed by atoms with Crippen LogP contribution in [0.25, 0.3) is 0 Å². The number of hydrogen-bond donors (Lipinski definition) is 1. The number of rotatable bonds is 4. The van der Waals surface area contributed by atoms with Gasteiger partial charge in [0.15, 0.2) is 23.6 Å². The van der Waals surface area contributed by atoms with Crippen molar-refractivity contribution in [2.45, 2.75) is 12.1 Å². The Kier molecular flexibility index (Phi) is 4.68. The summed E-state index contributed by atoms with van der Waals surface area (Å²) in [4.78, 5) is 39.2. The third-order valence-electron chi connectivity index (χ3n) is 5.15. The molecule has 1 fully saturated rings. The van der Waals surface area contributed by atoms with Crippen molar-refractivity contribution in [1.82, 2.24) is 5.01 Å². The van der Waals surface area contributed by atoms with Crippen molar-refractivity contribution in [2.24, 2.45) is 10.3 Å². The van der Waals surface area contributed by atoms with Gasteiger partial charge in [0.25, 0.3) is 11.8 Å². The molecule has 3 amide bonds. The fourth-order valence-corrected chi connectivity index (χ4v) is 3.71. The minimum atomic E-state index is -1.13. The van der Waals surface area contributed by atoms with E-state index >= 15 is 0 Å². The summed E-state index contributed by atoms with van der Waals surface area (Å²) in [6, 6.07) is 5.04. The summed E-state index contributed by atoms with van der Waals surface area (Å²) in [7, 11) is 0. The minimum Gasteiger partial charge on any atom is -0.486 e. The molecule has 3 aliphatic rings. The first-order valence-electron chi connectivity index (χ1n) is 9.62. The third-order valence-corrected chi connectivity index (χ3v) is 5.15. The van der Waals surface area contributed by atoms with Crippen molar-refractivity contribution in [1.29, 1.82) is 0 Å². The van der Waals surface area contributed by atoms with Gasteiger partial charge in [-0.15, -0.1) is 0 Å². The molecule has 12 heteroatoms. The summed E-state index contributed by atoms with van der Waals surface area (Å²) < 4.78 is 38.0. The Morgan fingerprint density at radius 3 is 2.66 bits per heavy atom. The number of ether oxygens (including phenoxy) is 2. The number of amides is 3. The van der Waals surface area contributed by atoms with Crippen LogP contribution in [-0.2, 0) is 14.4 Å². The predicted molar refractivity (Wildman–Crippen MR) is 104 cm³/mol. The van der Waals surface area contributed by atoms with Gasteiger partial charge in [0.05, 0.1) is 11.4 Å². The Morgan fingerprint density at radius 2 is 1.84 bits per heavy atom. The Labute approximate surface area is 179 Å². The monoisotopic (exact) mass is 443 g/mol. The van der Waals surface area contributed by atoms with Gasteiger partial charge < -0.3 is 14.8 Å². The van der Waals surface area contributed by atoms with Gasteiger partial charge in [-0.1, -0.05) is 5.22 Å². The Morgan fingerprint density at radius 1 is 1.06 bits per heavy atom. The first kappa shape index (κ1) is 19.8. The molecule has 1 saturated heterocycles. The average molecular weight is 443 g/mol. The van der Waals surface area contributed by atoms with E-state index in [9.17, 15) is 23.2 Å². The van der Waals surface area contributed by atoms with Crippen LogP contribution in [0.5, 0.6) is 11.5 Å². The lowest BCUT2D eigenvalue weighted by Crippen LogP contribution is -2.43. The standard InChI is InChI=1S/C20H15F2N5O5/c21-10-1-3-12(22)13(7-10)23-16(28)9-26-18-17(24-25-26)19(29)27(20(18)30)11-2-4-14-15(8-11)32-6-5-31-14/h1-4,7-8,17-18H,5-6,9H2,(H,23,28)/t17-,18-/m0/s1. The lowest BCUT2D eigenvalue weighted by molar-refractivity contribution is -0.123. The number of benzene rings is 2. The van der Waals surface area contributed by atoms with Gasteiger partial charge in [0.1, 0.15) is 31.4 Å². The van der Waals surface area contributed by atoms with E-state index < -0.39 is 48.0 Å². The van der Waals surface area contributed by atoms with Crippen molar-refractivity contribution in [3.63, 3.8) is 0 Å². The summed E-state index contributed by atoms with van der Waals surface area (Å²) in [5, 5.41) is 10.9. The highest BCUT2D eigenvalue weighted by Gasteiger charge is 2.55. The molecule has 2 aromatic rings. The fourth-order valence-electron chi connectivity index (χ4n) is 3.71. The molecule has 0 spiro atoms. The molecule has 1 N–H and O–H groups in total. The van der Waals surface area contributed by atoms with Crippen LogP contribution in [0.3, 0.4) is 0 Å². The van der Waals surface area contributed by atoms with Crippen molar-refractivity contribution in [2.75, 3.05) is 30.0 Å². The first-order valence-corrected chi connectivity index (χ1v) is 9.62. The lowest BCUT2D eigenvalue weighted by Gasteiger charge is -2.22. The van der Waals surface area contributed by atoms with Crippen LogP contribution in [-0.4, -0.2) is 54.6 Å². The number of halogens is 2. The Bertz CT molecular complexity index is 1170. The first-order chi connectivity index (χ1) is 15.4. The minimum absolute atomic E-state index is 0.278. The van der Waals surface area contributed by atoms with Gasteiger partial charge in [0.2, 0.25) is 5.91 Å². The molecule has 10 nitrogen and oxygen atoms in total. The van der Waals surface area contributed by atoms with Crippen LogP contribution >= 0.6 is 0 Å². The molecular weight excluding hydrogens is 428 g/mol. The van der Waals surface area contributed by atoms with Gasteiger partial charge >= 0.3 is 0 Å². The molecule has 2 atom stereocenters. The summed E-state index contributed by atoms with van der Waals surface area (Å²) >= 11 is 0. The molecule has 3 heterocycles. The van der Waals surface area contributed by atoms with Crippen LogP contribution in [0.15, 0.2) is 46.7 Å². The topological polar surface area (TPSA) is 113 Å². The summed E-state index contributed by atoms with van der Waals surface area (Å²) in [5.74, 6) is -2.62. The molecule has 0 bridgehead atoms. The second-order valence-corrected chi connectivity index (χ2v) is 7.20. The summed E-state index contributed by atoms with van der Waals surface area (Å²) in [5.41, 5.74) is -0.0745. The van der Waals surface area contributed by atoms with Crippen LogP contribution < -0.4 is 19.7 Å². The van der Waals surface area contributed by atoms with E-state index in [1.54, 1.807) is 12.1 Å². The SMILES string of the molecule is O=C(CN1N=N[C@@H]2C(=O)N(c3ccc4c(c3)OCCO4)C(=O)[C@H]21)Nc1cc(F)ccc1F. The number of nitrogens with zero attached hydrogens (tertiary/aromatic N) is 4. The van der Waals surface area contributed by atoms with Crippen molar-refractivity contribution in [3.05, 3.63) is 48.0 Å². The van der Waals surface area contributed by atoms with Crippen molar-refractivity contribution >= 4 is 29.1 Å². The smallest absolute Gasteiger partial charge is 0.263 e. The van der Waals surface area contributed by atoms with Crippen LogP contribution in [0, 0.1) is 11.6 Å². The molecule has 164 valence electrons. The zero-order valence-corrected chi connectivity index (χ0v) is 16.3. The van der Waals surface area contributed by atoms with Crippen LogP contribution in [0.4, 0.5) is 20.2 Å². The number of carbonyl (C=O) groups excluding carboxylic acids is 3. The van der Waals surface area contributed by atoms with E-state index in [-0.39, 0.29) is 11.4 Å². The van der Waals surface area contributed by atoms with Crippen LogP contribution in [0.2, 0.25) is 0 Å². The molecule has 0 saturated carbocycles. The summed E-state index contributed by atoms with van der Waals surface area (Å²) in [6.45, 7) is 0.246. The highest BCUT2D eigenvalue weighted by molar-refractivity contribution is 6.25.